The number of rotatable bonds is 0. The van der Waals surface area contributed by atoms with Crippen molar-refractivity contribution in [1.29, 1.82) is 0 Å². The van der Waals surface area contributed by atoms with Crippen molar-refractivity contribution >= 4 is 33.8 Å². The second-order valence-electron chi connectivity index (χ2n) is 0.0913. The summed E-state index contributed by atoms with van der Waals surface area (Å²) in [5, 5.41) is 6.76. The molecule has 2 nitrogen and oxygen atoms in total. The van der Waals surface area contributed by atoms with Gasteiger partial charge in [-0.25, -0.2) is 4.79 Å². The van der Waals surface area contributed by atoms with Gasteiger partial charge in [0.15, 0.2) is 0 Å². The molecule has 0 amide bonds. The van der Waals surface area contributed by atoms with E-state index in [1.165, 1.54) is 0 Å². The maximum absolute atomic E-state index is 8.24. The Hall–Kier alpha value is 0.392. The molecule has 0 unspecified atom stereocenters. The Morgan fingerprint density at radius 1 is 1.75 bits per heavy atom. The molecule has 0 bridgehead atoms. The van der Waals surface area contributed by atoms with Crippen LogP contribution in [0, 0.1) is 0 Å². The van der Waals surface area contributed by atoms with Gasteiger partial charge in [0.05, 0.1) is 0 Å². The molecule has 0 heterocycles. The molecule has 0 saturated heterocycles. The molecule has 3 radical (unpaired) electrons. The van der Waals surface area contributed by atoms with Crippen molar-refractivity contribution < 1.29 is 9.90 Å². The van der Waals surface area contributed by atoms with E-state index in [4.69, 9.17) is 9.90 Å². The zero-order valence-corrected chi connectivity index (χ0v) is 7.56. The van der Waals surface area contributed by atoms with Crippen LogP contribution in [0.4, 0.5) is 0 Å². The molecular formula is CH3O2Pb. The minimum absolute atomic E-state index is 0. The summed E-state index contributed by atoms with van der Waals surface area (Å²) >= 11 is 0. The molecular weight excluding hydrogens is 251 g/mol. The van der Waals surface area contributed by atoms with Crippen LogP contribution in [-0.2, 0) is 4.79 Å². The van der Waals surface area contributed by atoms with Gasteiger partial charge in [0, 0.05) is 0 Å². The first-order valence-corrected chi connectivity index (χ1v) is 0.428. The summed E-state index contributed by atoms with van der Waals surface area (Å²) in [4.78, 5) is 8.24. The molecule has 0 saturated carbocycles. The van der Waals surface area contributed by atoms with Crippen LogP contribution in [-0.4, -0.2) is 38.9 Å². The summed E-state index contributed by atoms with van der Waals surface area (Å²) in [7, 11) is 0. The second kappa shape index (κ2) is 10.0. The van der Waals surface area contributed by atoms with Crippen LogP contribution in [0.2, 0.25) is 0 Å². The predicted molar refractivity (Wildman–Crippen MR) is 16.9 cm³/mol. The third-order valence-corrected chi connectivity index (χ3v) is 0. The Morgan fingerprint density at radius 2 is 1.75 bits per heavy atom. The predicted octanol–water partition coefficient (Wildman–Crippen LogP) is -1.30. The van der Waals surface area contributed by atoms with E-state index in [9.17, 15) is 0 Å². The van der Waals surface area contributed by atoms with E-state index < -0.39 is 0 Å². The molecule has 1 N–H and O–H groups in total. The van der Waals surface area contributed by atoms with Gasteiger partial charge in [-0.3, -0.25) is 0 Å². The maximum atomic E-state index is 8.24. The molecule has 0 aromatic rings. The van der Waals surface area contributed by atoms with Crippen LogP contribution in [0.5, 0.6) is 0 Å². The summed E-state index contributed by atoms with van der Waals surface area (Å²) in [6.45, 7) is 0.500. The molecule has 23 valence electrons. The van der Waals surface area contributed by atoms with Crippen LogP contribution in [0.15, 0.2) is 0 Å². The van der Waals surface area contributed by atoms with Crippen molar-refractivity contribution in [3.05, 3.63) is 0 Å². The van der Waals surface area contributed by atoms with Gasteiger partial charge in [-0.2, -0.15) is 0 Å². The quantitative estimate of drug-likeness (QED) is 0.545. The molecule has 0 atom stereocenters. The summed E-state index contributed by atoms with van der Waals surface area (Å²) in [6.07, 6.45) is 0. The monoisotopic (exact) mass is 255 g/mol. The number of aliphatic hydroxyl groups excluding tert-OH is 1. The van der Waals surface area contributed by atoms with Crippen LogP contribution >= 0.6 is 0 Å². The van der Waals surface area contributed by atoms with E-state index in [-0.39, 0.29) is 27.3 Å². The summed E-state index contributed by atoms with van der Waals surface area (Å²) in [6, 6.07) is 0. The Bertz CT molecular complexity index is 13.5. The van der Waals surface area contributed by atoms with Crippen LogP contribution in [0.25, 0.3) is 0 Å². The van der Waals surface area contributed by atoms with E-state index in [1.807, 2.05) is 0 Å². The Kier molecular flexibility index (Phi) is 22.1. The van der Waals surface area contributed by atoms with E-state index in [0.717, 1.165) is 0 Å². The number of hydrogen-bond donors (Lipinski definition) is 1. The minimum atomic E-state index is 0. The van der Waals surface area contributed by atoms with Crippen molar-refractivity contribution in [2.45, 2.75) is 0 Å². The average Bonchev–Trinajstić information content (AvgIpc) is 0.918. The van der Waals surface area contributed by atoms with Crippen LogP contribution in [0.3, 0.4) is 0 Å². The van der Waals surface area contributed by atoms with Gasteiger partial charge in [0.2, 0.25) is 0 Å². The van der Waals surface area contributed by atoms with E-state index in [1.54, 1.807) is 0 Å². The molecule has 0 fully saturated rings. The molecule has 0 aliphatic rings. The standard InChI is InChI=1S/CHO2.Pb.2H/c2-1-3;;;/h(H,2,3);;;. The normalized spacial score (nSPS) is 3.00. The third kappa shape index (κ3) is 30.2. The summed E-state index contributed by atoms with van der Waals surface area (Å²) < 4.78 is 0. The average molecular weight is 254 g/mol. The van der Waals surface area contributed by atoms with Gasteiger partial charge in [-0.15, -0.1) is 0 Å². The molecule has 0 aromatic carbocycles. The number of hydrogen-bond acceptors (Lipinski definition) is 1. The summed E-state index contributed by atoms with van der Waals surface area (Å²) in [5.74, 6) is 0. The van der Waals surface area contributed by atoms with Gasteiger partial charge >= 0.3 is 33.8 Å². The zero-order valence-electron chi connectivity index (χ0n) is 2.06. The Balaban J connectivity index is 0. The van der Waals surface area contributed by atoms with E-state index in [2.05, 4.69) is 0 Å². The van der Waals surface area contributed by atoms with E-state index in [0.29, 0.717) is 6.47 Å². The SMILES string of the molecule is O=[C]O.[PbH2]. The van der Waals surface area contributed by atoms with Gasteiger partial charge in [-0.05, 0) is 0 Å². The van der Waals surface area contributed by atoms with Gasteiger partial charge in [0.1, 0.15) is 0 Å². The molecule has 0 aliphatic carbocycles. The second-order valence-corrected chi connectivity index (χ2v) is 0.0913. The van der Waals surface area contributed by atoms with Crippen molar-refractivity contribution in [2.75, 3.05) is 0 Å². The van der Waals surface area contributed by atoms with Gasteiger partial charge in [0.25, 0.3) is 0 Å². The third-order valence-electron chi connectivity index (χ3n) is 0. The molecule has 3 heteroatoms. The van der Waals surface area contributed by atoms with Gasteiger partial charge < -0.3 is 5.11 Å². The molecule has 0 spiro atoms. The van der Waals surface area contributed by atoms with Crippen LogP contribution in [0.1, 0.15) is 0 Å². The molecule has 0 aliphatic heterocycles. The first kappa shape index (κ1) is 8.83. The Labute approximate surface area is 44.0 Å². The first-order chi connectivity index (χ1) is 1.41. The Morgan fingerprint density at radius 3 is 1.75 bits per heavy atom. The molecule has 0 aromatic heterocycles. The fourth-order valence-corrected chi connectivity index (χ4v) is 0. The zero-order chi connectivity index (χ0) is 2.71. The molecule has 0 rings (SSSR count). The topological polar surface area (TPSA) is 37.3 Å². The van der Waals surface area contributed by atoms with Crippen molar-refractivity contribution in [1.82, 2.24) is 0 Å². The summed E-state index contributed by atoms with van der Waals surface area (Å²) in [5.41, 5.74) is 0. The van der Waals surface area contributed by atoms with Gasteiger partial charge in [-0.1, -0.05) is 0 Å². The fraction of sp³-hybridized carbons (Fsp3) is 0. The fourth-order valence-electron chi connectivity index (χ4n) is 0. The van der Waals surface area contributed by atoms with Crippen molar-refractivity contribution in [2.24, 2.45) is 0 Å². The van der Waals surface area contributed by atoms with Crippen molar-refractivity contribution in [3.8, 4) is 0 Å². The van der Waals surface area contributed by atoms with Crippen molar-refractivity contribution in [3.63, 3.8) is 0 Å². The molecule has 4 heavy (non-hydrogen) atoms. The van der Waals surface area contributed by atoms with Crippen LogP contribution < -0.4 is 0 Å². The first-order valence-electron chi connectivity index (χ1n) is 0.428. The van der Waals surface area contributed by atoms with E-state index >= 15 is 0 Å².